The molecule has 1 aliphatic heterocycles. The number of nitrogens with zero attached hydrogens (tertiary/aromatic N) is 2. The topological polar surface area (TPSA) is 135 Å². The summed E-state index contributed by atoms with van der Waals surface area (Å²) in [4.78, 5) is 50.4. The molecule has 0 N–H and O–H groups in total. The summed E-state index contributed by atoms with van der Waals surface area (Å²) >= 11 is 3.24. The molecule has 2 aromatic carbocycles. The third-order valence-corrected chi connectivity index (χ3v) is 6.96. The molecule has 198 valence electrons. The molecule has 12 heteroatoms. The van der Waals surface area contributed by atoms with Gasteiger partial charge in [-0.25, -0.2) is 4.79 Å². The third-order valence-electron chi connectivity index (χ3n) is 6.26. The zero-order chi connectivity index (χ0) is 27.4. The van der Waals surface area contributed by atoms with E-state index in [4.69, 9.17) is 18.9 Å². The minimum atomic E-state index is -0.919. The first-order valence-corrected chi connectivity index (χ1v) is 12.1. The number of hydrogen-bond donors (Lipinski definition) is 0. The summed E-state index contributed by atoms with van der Waals surface area (Å²) in [5.41, 5.74) is 0.0552. The van der Waals surface area contributed by atoms with Gasteiger partial charge in [-0.15, -0.1) is 0 Å². The Morgan fingerprint density at radius 1 is 1.14 bits per heavy atom. The number of Topliss-reactive ketones (excluding diaryl/α,β-unsaturated/α-hetero) is 1. The Bertz CT molecular complexity index is 1250. The van der Waals surface area contributed by atoms with Gasteiger partial charge in [-0.3, -0.25) is 24.6 Å². The molecule has 1 saturated heterocycles. The van der Waals surface area contributed by atoms with Gasteiger partial charge in [-0.2, -0.15) is 0 Å². The number of carbonyl (C=O) groups excluding carboxylic acids is 3. The van der Waals surface area contributed by atoms with E-state index in [-0.39, 0.29) is 51.4 Å². The Morgan fingerprint density at radius 3 is 2.38 bits per heavy atom. The molecule has 0 amide bonds. The van der Waals surface area contributed by atoms with Crippen molar-refractivity contribution in [3.63, 3.8) is 0 Å². The highest BCUT2D eigenvalue weighted by Gasteiger charge is 2.40. The normalized spacial score (nSPS) is 17.2. The zero-order valence-electron chi connectivity index (χ0n) is 21.0. The minimum absolute atomic E-state index is 0.0222. The molecule has 2 unspecified atom stereocenters. The number of halogens is 1. The Labute approximate surface area is 221 Å². The number of methoxy groups -OCH3 is 2. The zero-order valence-corrected chi connectivity index (χ0v) is 22.6. The number of hydrogen-bond acceptors (Lipinski definition) is 10. The second-order valence-corrected chi connectivity index (χ2v) is 9.37. The largest absolute Gasteiger partial charge is 0.496 e. The lowest BCUT2D eigenvalue weighted by molar-refractivity contribution is -0.384. The molecule has 0 saturated carbocycles. The molecule has 1 fully saturated rings. The lowest BCUT2D eigenvalue weighted by Gasteiger charge is -2.28. The molecular weight excluding hydrogens is 552 g/mol. The first-order valence-electron chi connectivity index (χ1n) is 11.3. The predicted molar refractivity (Wildman–Crippen MR) is 136 cm³/mol. The van der Waals surface area contributed by atoms with E-state index >= 15 is 0 Å². The standard InChI is InChI=1S/C25H27BrN2O9/c1-13(29)22-20(34-4)11-21(35-5)23(16-8-9-27(3)19(16)12-36-14(2)30)24(22)37-25(31)17-10-15(28(32)33)6-7-18(17)26/h6-7,10-11,16,19H,8-9,12H2,1-5H3. The SMILES string of the molecule is COc1cc(OC)c(C2CCN(C)C2COC(C)=O)c(OC(=O)c2cc([N+](=O)[O-])ccc2Br)c1C(C)=O. The average molecular weight is 579 g/mol. The number of ketones is 1. The molecule has 2 atom stereocenters. The maximum Gasteiger partial charge on any atom is 0.344 e. The van der Waals surface area contributed by atoms with Crippen LogP contribution < -0.4 is 14.2 Å². The lowest BCUT2D eigenvalue weighted by Crippen LogP contribution is -2.34. The fourth-order valence-electron chi connectivity index (χ4n) is 4.47. The van der Waals surface area contributed by atoms with Crippen LogP contribution in [0.1, 0.15) is 52.5 Å². The van der Waals surface area contributed by atoms with Gasteiger partial charge < -0.3 is 18.9 Å². The molecule has 11 nitrogen and oxygen atoms in total. The van der Waals surface area contributed by atoms with Crippen LogP contribution in [0.4, 0.5) is 5.69 Å². The van der Waals surface area contributed by atoms with E-state index in [0.29, 0.717) is 24.3 Å². The highest BCUT2D eigenvalue weighted by Crippen LogP contribution is 2.48. The molecule has 1 heterocycles. The summed E-state index contributed by atoms with van der Waals surface area (Å²) in [5.74, 6) is -1.75. The van der Waals surface area contributed by atoms with Gasteiger partial charge in [0.1, 0.15) is 23.7 Å². The molecule has 0 spiro atoms. The fourth-order valence-corrected chi connectivity index (χ4v) is 4.88. The van der Waals surface area contributed by atoms with Crippen LogP contribution in [0.5, 0.6) is 17.2 Å². The van der Waals surface area contributed by atoms with Gasteiger partial charge in [0.2, 0.25) is 0 Å². The number of nitro groups is 1. The number of non-ortho nitro benzene ring substituents is 1. The van der Waals surface area contributed by atoms with E-state index < -0.39 is 22.6 Å². The highest BCUT2D eigenvalue weighted by atomic mass is 79.9. The number of esters is 2. The number of likely N-dealkylation sites (N-methyl/N-ethyl adjacent to an activating group) is 1. The van der Waals surface area contributed by atoms with Crippen LogP contribution in [0.25, 0.3) is 0 Å². The molecule has 0 aromatic heterocycles. The van der Waals surface area contributed by atoms with E-state index in [1.807, 2.05) is 11.9 Å². The molecular formula is C25H27BrN2O9. The molecule has 1 aliphatic rings. The molecule has 3 rings (SSSR count). The van der Waals surface area contributed by atoms with Crippen molar-refractivity contribution in [3.05, 3.63) is 55.5 Å². The maximum atomic E-state index is 13.4. The number of rotatable bonds is 9. The van der Waals surface area contributed by atoms with Gasteiger partial charge in [0, 0.05) is 41.1 Å². The van der Waals surface area contributed by atoms with Crippen molar-refractivity contribution in [1.82, 2.24) is 4.90 Å². The summed E-state index contributed by atoms with van der Waals surface area (Å²) in [5, 5.41) is 11.3. The first-order chi connectivity index (χ1) is 17.5. The van der Waals surface area contributed by atoms with Gasteiger partial charge in [0.05, 0.1) is 30.7 Å². The minimum Gasteiger partial charge on any atom is -0.496 e. The monoisotopic (exact) mass is 578 g/mol. The van der Waals surface area contributed by atoms with Crippen molar-refractivity contribution in [2.24, 2.45) is 0 Å². The maximum absolute atomic E-state index is 13.4. The van der Waals surface area contributed by atoms with E-state index in [1.54, 1.807) is 6.07 Å². The quantitative estimate of drug-likeness (QED) is 0.140. The van der Waals surface area contributed by atoms with Crippen LogP contribution in [-0.2, 0) is 9.53 Å². The van der Waals surface area contributed by atoms with Gasteiger partial charge >= 0.3 is 11.9 Å². The van der Waals surface area contributed by atoms with Crippen LogP contribution in [0.2, 0.25) is 0 Å². The lowest BCUT2D eigenvalue weighted by atomic mass is 9.87. The van der Waals surface area contributed by atoms with Crippen molar-refractivity contribution >= 4 is 39.3 Å². The van der Waals surface area contributed by atoms with Crippen LogP contribution >= 0.6 is 15.9 Å². The molecule has 0 radical (unpaired) electrons. The smallest absolute Gasteiger partial charge is 0.344 e. The summed E-state index contributed by atoms with van der Waals surface area (Å²) in [7, 11) is 4.69. The Morgan fingerprint density at radius 2 is 1.81 bits per heavy atom. The van der Waals surface area contributed by atoms with Gasteiger partial charge in [0.15, 0.2) is 11.5 Å². The average Bonchev–Trinajstić information content (AvgIpc) is 3.21. The molecule has 37 heavy (non-hydrogen) atoms. The number of likely N-dealkylation sites (tertiary alicyclic amines) is 1. The first kappa shape index (κ1) is 28.1. The Kier molecular flexibility index (Phi) is 8.87. The summed E-state index contributed by atoms with van der Waals surface area (Å²) in [6, 6.07) is 4.95. The van der Waals surface area contributed by atoms with E-state index in [0.717, 1.165) is 6.07 Å². The van der Waals surface area contributed by atoms with Gasteiger partial charge in [0.25, 0.3) is 5.69 Å². The van der Waals surface area contributed by atoms with Crippen LogP contribution in [-0.4, -0.2) is 68.0 Å². The highest BCUT2D eigenvalue weighted by molar-refractivity contribution is 9.10. The van der Waals surface area contributed by atoms with Crippen molar-refractivity contribution in [1.29, 1.82) is 0 Å². The van der Waals surface area contributed by atoms with Crippen molar-refractivity contribution < 1.29 is 38.3 Å². The van der Waals surface area contributed by atoms with Crippen molar-refractivity contribution in [3.8, 4) is 17.2 Å². The van der Waals surface area contributed by atoms with Gasteiger partial charge in [-0.05, 0) is 48.9 Å². The van der Waals surface area contributed by atoms with E-state index in [1.165, 1.54) is 40.2 Å². The summed E-state index contributed by atoms with van der Waals surface area (Å²) in [6.45, 7) is 3.34. The Hall–Kier alpha value is -3.51. The summed E-state index contributed by atoms with van der Waals surface area (Å²) < 4.78 is 22.5. The van der Waals surface area contributed by atoms with Crippen molar-refractivity contribution in [2.45, 2.75) is 32.2 Å². The Balaban J connectivity index is 2.22. The molecule has 2 aromatic rings. The number of carbonyl (C=O) groups is 3. The van der Waals surface area contributed by atoms with Crippen LogP contribution in [0.3, 0.4) is 0 Å². The van der Waals surface area contributed by atoms with Crippen LogP contribution in [0.15, 0.2) is 28.7 Å². The number of ether oxygens (including phenoxy) is 4. The van der Waals surface area contributed by atoms with E-state index in [2.05, 4.69) is 15.9 Å². The molecule has 0 aliphatic carbocycles. The number of benzene rings is 2. The third kappa shape index (κ3) is 5.91. The van der Waals surface area contributed by atoms with Crippen molar-refractivity contribution in [2.75, 3.05) is 34.4 Å². The van der Waals surface area contributed by atoms with Gasteiger partial charge in [-0.1, -0.05) is 0 Å². The molecule has 0 bridgehead atoms. The summed E-state index contributed by atoms with van der Waals surface area (Å²) in [6.07, 6.45) is 0.591. The predicted octanol–water partition coefficient (Wildman–Crippen LogP) is 4.15. The van der Waals surface area contributed by atoms with Crippen LogP contribution in [0, 0.1) is 10.1 Å². The number of nitro benzene ring substituents is 1. The second kappa shape index (κ2) is 11.7. The second-order valence-electron chi connectivity index (χ2n) is 8.51. The van der Waals surface area contributed by atoms with E-state index in [9.17, 15) is 24.5 Å². The fraction of sp³-hybridized carbons (Fsp3) is 0.400.